The Morgan fingerprint density at radius 1 is 0.829 bits per heavy atom. The summed E-state index contributed by atoms with van der Waals surface area (Å²) in [5.74, 6) is 0.914. The van der Waals surface area contributed by atoms with Crippen LogP contribution in [0, 0.1) is 0 Å². The van der Waals surface area contributed by atoms with Gasteiger partial charge in [0.15, 0.2) is 0 Å². The molecule has 0 amide bonds. The van der Waals surface area contributed by atoms with Crippen LogP contribution in [0.1, 0.15) is 41.7 Å². The van der Waals surface area contributed by atoms with Gasteiger partial charge < -0.3 is 4.90 Å². The van der Waals surface area contributed by atoms with E-state index in [1.807, 2.05) is 12.3 Å². The smallest absolute Gasteiger partial charge is 0.137 e. The molecule has 0 unspecified atom stereocenters. The van der Waals surface area contributed by atoms with Gasteiger partial charge in [0, 0.05) is 29.8 Å². The minimum Gasteiger partial charge on any atom is -0.301 e. The van der Waals surface area contributed by atoms with Gasteiger partial charge in [0.2, 0.25) is 0 Å². The van der Waals surface area contributed by atoms with Crippen LogP contribution in [-0.2, 0) is 11.8 Å². The first-order chi connectivity index (χ1) is 17.1. The molecule has 3 aromatic carbocycles. The number of benzene rings is 3. The second-order valence-corrected chi connectivity index (χ2v) is 10.1. The summed E-state index contributed by atoms with van der Waals surface area (Å²) in [6, 6.07) is 23.9. The number of pyridine rings is 1. The third kappa shape index (κ3) is 2.68. The summed E-state index contributed by atoms with van der Waals surface area (Å²) in [6.45, 7) is 9.35. The highest BCUT2D eigenvalue weighted by Crippen LogP contribution is 2.61. The van der Waals surface area contributed by atoms with E-state index >= 15 is 0 Å². The predicted octanol–water partition coefficient (Wildman–Crippen LogP) is 8.19. The maximum Gasteiger partial charge on any atom is 0.137 e. The second-order valence-electron chi connectivity index (χ2n) is 10.1. The monoisotopic (exact) mass is 450 g/mol. The van der Waals surface area contributed by atoms with Gasteiger partial charge in [-0.2, -0.15) is 0 Å². The molecular formula is C33H26N2. The Morgan fingerprint density at radius 2 is 1.60 bits per heavy atom. The van der Waals surface area contributed by atoms with Gasteiger partial charge in [-0.25, -0.2) is 4.98 Å². The summed E-state index contributed by atoms with van der Waals surface area (Å²) in [7, 11) is 0. The molecule has 35 heavy (non-hydrogen) atoms. The van der Waals surface area contributed by atoms with Crippen molar-refractivity contribution in [3.05, 3.63) is 132 Å². The molecule has 2 heterocycles. The molecule has 0 N–H and O–H groups in total. The fraction of sp³-hybridized carbons (Fsp3) is 0.121. The van der Waals surface area contributed by atoms with Crippen LogP contribution in [0.25, 0.3) is 27.8 Å². The molecule has 0 radical (unpaired) electrons. The number of nitrogens with zero attached hydrogens (tertiary/aromatic N) is 2. The highest BCUT2D eigenvalue weighted by atomic mass is 15.2. The Bertz CT molecular complexity index is 1600. The number of fused-ring (bicyclic) bond motifs is 10. The molecule has 2 nitrogen and oxygen atoms in total. The van der Waals surface area contributed by atoms with Crippen molar-refractivity contribution in [1.82, 2.24) is 4.98 Å². The molecule has 2 heteroatoms. The van der Waals surface area contributed by atoms with Gasteiger partial charge in [-0.1, -0.05) is 87.2 Å². The van der Waals surface area contributed by atoms with E-state index in [9.17, 15) is 0 Å². The molecule has 0 bridgehead atoms. The lowest BCUT2D eigenvalue weighted by molar-refractivity contribution is 0.662. The predicted molar refractivity (Wildman–Crippen MR) is 146 cm³/mol. The van der Waals surface area contributed by atoms with Gasteiger partial charge in [-0.15, -0.1) is 0 Å². The molecule has 2 aliphatic carbocycles. The molecule has 0 fully saturated rings. The summed E-state index contributed by atoms with van der Waals surface area (Å²) in [4.78, 5) is 7.03. The average Bonchev–Trinajstić information content (AvgIpc) is 3.36. The number of hydrogen-bond acceptors (Lipinski definition) is 2. The van der Waals surface area contributed by atoms with Crippen LogP contribution in [0.2, 0.25) is 0 Å². The average molecular weight is 451 g/mol. The van der Waals surface area contributed by atoms with Crippen LogP contribution in [0.15, 0.2) is 104 Å². The second kappa shape index (κ2) is 7.16. The topological polar surface area (TPSA) is 16.1 Å². The standard InChI is InChI=1S/C33H26N2/c1-21-12-9-11-19-35(27-17-8-10-18-34-27)32-25-20-22-13-4-5-14-23(22)29(25)31-30(28(21)32)24-15-6-7-16-26(24)33(31,2)3/h4-19H,1,20H2,2-3H3/b12-9-,19-11-. The molecule has 0 atom stereocenters. The van der Waals surface area contributed by atoms with Crippen LogP contribution in [-0.4, -0.2) is 4.98 Å². The zero-order chi connectivity index (χ0) is 23.7. The zero-order valence-corrected chi connectivity index (χ0v) is 20.0. The van der Waals surface area contributed by atoms with E-state index < -0.39 is 0 Å². The Balaban J connectivity index is 1.70. The molecule has 1 aliphatic heterocycles. The lowest BCUT2D eigenvalue weighted by atomic mass is 9.76. The van der Waals surface area contributed by atoms with Gasteiger partial charge in [0.05, 0.1) is 5.69 Å². The Kier molecular flexibility index (Phi) is 4.14. The summed E-state index contributed by atoms with van der Waals surface area (Å²) < 4.78 is 0. The summed E-state index contributed by atoms with van der Waals surface area (Å²) >= 11 is 0. The lowest BCUT2D eigenvalue weighted by Gasteiger charge is -2.32. The van der Waals surface area contributed by atoms with E-state index in [4.69, 9.17) is 4.98 Å². The van der Waals surface area contributed by atoms with Crippen molar-refractivity contribution < 1.29 is 0 Å². The third-order valence-corrected chi connectivity index (χ3v) is 7.82. The first-order valence-corrected chi connectivity index (χ1v) is 12.2. The largest absolute Gasteiger partial charge is 0.301 e. The SMILES string of the molecule is C=C1/C=C\C=C/N(c2ccccn2)c2c3c(c4c(c21)-c1ccccc1C4(C)C)-c1ccccc1C3. The van der Waals surface area contributed by atoms with Crippen LogP contribution in [0.5, 0.6) is 0 Å². The van der Waals surface area contributed by atoms with Crippen LogP contribution >= 0.6 is 0 Å². The van der Waals surface area contributed by atoms with Crippen molar-refractivity contribution in [3.63, 3.8) is 0 Å². The molecule has 4 aromatic rings. The maximum atomic E-state index is 4.76. The number of hydrogen-bond donors (Lipinski definition) is 0. The lowest BCUT2D eigenvalue weighted by Crippen LogP contribution is -2.20. The molecular weight excluding hydrogens is 424 g/mol. The van der Waals surface area contributed by atoms with E-state index in [1.54, 1.807) is 0 Å². The van der Waals surface area contributed by atoms with Crippen LogP contribution < -0.4 is 4.90 Å². The molecule has 3 aliphatic rings. The van der Waals surface area contributed by atoms with Crippen molar-refractivity contribution in [1.29, 1.82) is 0 Å². The molecule has 168 valence electrons. The van der Waals surface area contributed by atoms with E-state index in [2.05, 4.69) is 110 Å². The minimum atomic E-state index is -0.111. The van der Waals surface area contributed by atoms with Crippen molar-refractivity contribution in [3.8, 4) is 22.3 Å². The summed E-state index contributed by atoms with van der Waals surface area (Å²) in [5.41, 5.74) is 14.3. The molecule has 7 rings (SSSR count). The number of allylic oxidation sites excluding steroid dienone is 4. The highest BCUT2D eigenvalue weighted by Gasteiger charge is 2.44. The Labute approximate surface area is 206 Å². The van der Waals surface area contributed by atoms with Gasteiger partial charge in [0.1, 0.15) is 5.82 Å². The van der Waals surface area contributed by atoms with E-state index in [-0.39, 0.29) is 5.41 Å². The Hall–Kier alpha value is -4.17. The van der Waals surface area contributed by atoms with Gasteiger partial charge >= 0.3 is 0 Å². The third-order valence-electron chi connectivity index (χ3n) is 7.82. The van der Waals surface area contributed by atoms with Crippen LogP contribution in [0.4, 0.5) is 11.5 Å². The molecule has 0 saturated heterocycles. The maximum absolute atomic E-state index is 4.76. The quantitative estimate of drug-likeness (QED) is 0.256. The van der Waals surface area contributed by atoms with E-state index in [0.717, 1.165) is 17.8 Å². The van der Waals surface area contributed by atoms with Crippen molar-refractivity contribution in [2.24, 2.45) is 0 Å². The first kappa shape index (κ1) is 20.2. The fourth-order valence-electron chi connectivity index (χ4n) is 6.37. The van der Waals surface area contributed by atoms with E-state index in [1.165, 1.54) is 55.8 Å². The highest BCUT2D eigenvalue weighted by molar-refractivity contribution is 6.06. The normalized spacial score (nSPS) is 18.0. The fourth-order valence-corrected chi connectivity index (χ4v) is 6.37. The van der Waals surface area contributed by atoms with Gasteiger partial charge in [-0.3, -0.25) is 0 Å². The van der Waals surface area contributed by atoms with Crippen LogP contribution in [0.3, 0.4) is 0 Å². The van der Waals surface area contributed by atoms with Crippen molar-refractivity contribution in [2.75, 3.05) is 4.90 Å². The van der Waals surface area contributed by atoms with Crippen molar-refractivity contribution >= 4 is 17.1 Å². The Morgan fingerprint density at radius 3 is 2.43 bits per heavy atom. The number of rotatable bonds is 1. The van der Waals surface area contributed by atoms with Gasteiger partial charge in [-0.05, 0) is 68.3 Å². The molecule has 0 saturated carbocycles. The summed E-state index contributed by atoms with van der Waals surface area (Å²) in [6.07, 6.45) is 11.2. The van der Waals surface area contributed by atoms with Crippen molar-refractivity contribution in [2.45, 2.75) is 25.7 Å². The zero-order valence-electron chi connectivity index (χ0n) is 20.0. The summed E-state index contributed by atoms with van der Waals surface area (Å²) in [5, 5.41) is 0. The number of aromatic nitrogens is 1. The molecule has 1 aromatic heterocycles. The minimum absolute atomic E-state index is 0.111. The molecule has 0 spiro atoms. The van der Waals surface area contributed by atoms with E-state index in [0.29, 0.717) is 0 Å². The first-order valence-electron chi connectivity index (χ1n) is 12.2. The van der Waals surface area contributed by atoms with Gasteiger partial charge in [0.25, 0.3) is 0 Å². The number of anilines is 2.